The van der Waals surface area contributed by atoms with E-state index in [9.17, 15) is 9.59 Å². The molecule has 0 atom stereocenters. The average molecular weight is 442 g/mol. The quantitative estimate of drug-likeness (QED) is 0.189. The van der Waals surface area contributed by atoms with Crippen molar-refractivity contribution in [3.8, 4) is 5.75 Å². The second-order valence-electron chi connectivity index (χ2n) is 6.81. The highest BCUT2D eigenvalue weighted by atomic mass is 17.2. The molecule has 0 saturated carbocycles. The third-order valence-corrected chi connectivity index (χ3v) is 4.28. The summed E-state index contributed by atoms with van der Waals surface area (Å²) in [6.45, 7) is 2.08. The molecule has 166 valence electrons. The van der Waals surface area contributed by atoms with Crippen molar-refractivity contribution in [1.82, 2.24) is 15.0 Å². The first kappa shape index (κ1) is 23.0. The molecule has 0 aliphatic rings. The van der Waals surface area contributed by atoms with Gasteiger partial charge in [-0.25, -0.2) is 0 Å². The molecule has 4 rings (SSSR count). The second-order valence-corrected chi connectivity index (χ2v) is 6.81. The molecule has 2 heterocycles. The predicted octanol–water partition coefficient (Wildman–Crippen LogP) is 2.03. The molecule has 0 saturated heterocycles. The number of nitrogens with one attached hydrogen (secondary N) is 3. The van der Waals surface area contributed by atoms with E-state index in [0.29, 0.717) is 17.8 Å². The zero-order valence-electron chi connectivity index (χ0n) is 17.8. The van der Waals surface area contributed by atoms with Crippen molar-refractivity contribution in [2.75, 3.05) is 0 Å². The fourth-order valence-corrected chi connectivity index (χ4v) is 2.70. The molecule has 33 heavy (non-hydrogen) atoms. The van der Waals surface area contributed by atoms with Gasteiger partial charge in [-0.3, -0.25) is 29.8 Å². The van der Waals surface area contributed by atoms with Crippen molar-refractivity contribution in [3.05, 3.63) is 127 Å². The highest BCUT2D eigenvalue weighted by molar-refractivity contribution is 5.48. The average Bonchev–Trinajstić information content (AvgIpc) is 2.83. The molecule has 0 radical (unpaired) electrons. The molecule has 0 unspecified atom stereocenters. The molecule has 4 aromatic rings. The van der Waals surface area contributed by atoms with E-state index in [4.69, 9.17) is 10.3 Å². The van der Waals surface area contributed by atoms with Crippen LogP contribution in [-0.4, -0.2) is 21.4 Å². The predicted molar refractivity (Wildman–Crippen MR) is 126 cm³/mol. The first-order valence-electron chi connectivity index (χ1n) is 9.96. The van der Waals surface area contributed by atoms with Gasteiger partial charge in [0, 0.05) is 0 Å². The van der Waals surface area contributed by atoms with Gasteiger partial charge >= 0.3 is 0 Å². The topological polar surface area (TPSA) is 121 Å². The van der Waals surface area contributed by atoms with Gasteiger partial charge in [-0.1, -0.05) is 66.2 Å². The second kappa shape index (κ2) is 11.6. The summed E-state index contributed by atoms with van der Waals surface area (Å²) in [4.78, 5) is 42.7. The van der Waals surface area contributed by atoms with Crippen molar-refractivity contribution < 1.29 is 9.78 Å². The van der Waals surface area contributed by atoms with E-state index in [0.717, 1.165) is 5.56 Å². The largest absolute Gasteiger partial charge is 0.316 e. The van der Waals surface area contributed by atoms with Crippen molar-refractivity contribution >= 4 is 18.6 Å². The van der Waals surface area contributed by atoms with Gasteiger partial charge in [0.1, 0.15) is 10.7 Å². The number of benzene rings is 2. The minimum atomic E-state index is -0.443. The molecule has 2 aromatic carbocycles. The van der Waals surface area contributed by atoms with E-state index < -0.39 is 11.1 Å². The van der Waals surface area contributed by atoms with Gasteiger partial charge in [0.05, 0.1) is 11.9 Å². The van der Waals surface area contributed by atoms with Crippen LogP contribution in [0.15, 0.2) is 88.6 Å². The van der Waals surface area contributed by atoms with Crippen LogP contribution in [0, 0.1) is 12.3 Å². The number of H-pyrrole nitrogens is 2. The van der Waals surface area contributed by atoms with Gasteiger partial charge in [0.25, 0.3) is 11.1 Å². The van der Waals surface area contributed by atoms with E-state index in [1.165, 1.54) is 17.8 Å². The molecule has 0 amide bonds. The SMILES string of the molecule is Cc1ccccc1.N=COOc1ccc(/C=c2/[nH]c(=O)/c(=C\c3ccccc3)[nH]c2=O)nc1. The number of aromatic nitrogens is 3. The van der Waals surface area contributed by atoms with Gasteiger partial charge in [0.2, 0.25) is 6.40 Å². The standard InChI is InChI=1S/C18H14N4O4.C7H8/c19-11-25-26-14-7-6-13(20-10-14)9-16-18(24)21-15(17(23)22-16)8-12-4-2-1-3-5-12;1-7-5-3-2-4-6-7/h1-11,19H,(H,21,24)(H,22,23);2-6H,1H3/b15-8+,16-9+,19-11?;. The van der Waals surface area contributed by atoms with Crippen molar-refractivity contribution in [3.63, 3.8) is 0 Å². The lowest BCUT2D eigenvalue weighted by Gasteiger charge is -1.99. The lowest BCUT2D eigenvalue weighted by atomic mass is 10.2. The summed E-state index contributed by atoms with van der Waals surface area (Å²) in [6, 6.07) is 22.6. The number of pyridine rings is 1. The molecule has 0 spiro atoms. The third kappa shape index (κ3) is 7.18. The lowest BCUT2D eigenvalue weighted by Crippen LogP contribution is -2.46. The van der Waals surface area contributed by atoms with Crippen LogP contribution in [-0.2, 0) is 4.89 Å². The van der Waals surface area contributed by atoms with Gasteiger partial charge in [0.15, 0.2) is 5.75 Å². The lowest BCUT2D eigenvalue weighted by molar-refractivity contribution is -0.110. The summed E-state index contributed by atoms with van der Waals surface area (Å²) in [5, 5.41) is 6.95. The zero-order valence-corrected chi connectivity index (χ0v) is 17.8. The van der Waals surface area contributed by atoms with E-state index in [1.54, 1.807) is 18.2 Å². The van der Waals surface area contributed by atoms with Gasteiger partial charge in [-0.15, -0.1) is 0 Å². The third-order valence-electron chi connectivity index (χ3n) is 4.28. The zero-order chi connectivity index (χ0) is 23.5. The molecule has 0 aliphatic heterocycles. The highest BCUT2D eigenvalue weighted by Crippen LogP contribution is 2.09. The van der Waals surface area contributed by atoms with E-state index in [2.05, 4.69) is 38.9 Å². The Morgan fingerprint density at radius 3 is 1.94 bits per heavy atom. The monoisotopic (exact) mass is 442 g/mol. The maximum absolute atomic E-state index is 12.2. The van der Waals surface area contributed by atoms with E-state index in [1.807, 2.05) is 48.5 Å². The number of nitrogens with zero attached hydrogens (tertiary/aromatic N) is 1. The molecule has 2 aromatic heterocycles. The summed E-state index contributed by atoms with van der Waals surface area (Å²) in [5.74, 6) is 0.292. The first-order valence-corrected chi connectivity index (χ1v) is 9.96. The maximum Gasteiger partial charge on any atom is 0.272 e. The van der Waals surface area contributed by atoms with Gasteiger partial charge in [-0.2, -0.15) is 0 Å². The van der Waals surface area contributed by atoms with Crippen LogP contribution in [0.2, 0.25) is 0 Å². The fourth-order valence-electron chi connectivity index (χ4n) is 2.70. The molecule has 8 nitrogen and oxygen atoms in total. The van der Waals surface area contributed by atoms with E-state index >= 15 is 0 Å². The summed E-state index contributed by atoms with van der Waals surface area (Å²) in [6.07, 6.45) is 5.03. The number of aryl methyl sites for hydroxylation is 1. The Morgan fingerprint density at radius 2 is 1.42 bits per heavy atom. The van der Waals surface area contributed by atoms with Crippen LogP contribution in [0.4, 0.5) is 0 Å². The fraction of sp³-hybridized carbons (Fsp3) is 0.0400. The van der Waals surface area contributed by atoms with Crippen LogP contribution < -0.4 is 26.7 Å². The van der Waals surface area contributed by atoms with Crippen LogP contribution >= 0.6 is 0 Å². The van der Waals surface area contributed by atoms with Gasteiger partial charge in [-0.05, 0) is 36.8 Å². The summed E-state index contributed by atoms with van der Waals surface area (Å²) in [5.41, 5.74) is 1.70. The van der Waals surface area contributed by atoms with Crippen LogP contribution in [0.5, 0.6) is 5.75 Å². The molecular formula is C25H22N4O4. The molecular weight excluding hydrogens is 420 g/mol. The molecule has 8 heteroatoms. The van der Waals surface area contributed by atoms with Crippen LogP contribution in [0.3, 0.4) is 0 Å². The molecule has 0 aliphatic carbocycles. The molecule has 0 bridgehead atoms. The number of hydrogen-bond acceptors (Lipinski definition) is 6. The Balaban J connectivity index is 0.000000374. The van der Waals surface area contributed by atoms with Gasteiger partial charge < -0.3 is 9.97 Å². The summed E-state index contributed by atoms with van der Waals surface area (Å²) >= 11 is 0. The number of aromatic amines is 2. The minimum absolute atomic E-state index is 0.0807. The van der Waals surface area contributed by atoms with Crippen molar-refractivity contribution in [2.24, 2.45) is 0 Å². The Labute approximate surface area is 189 Å². The van der Waals surface area contributed by atoms with Crippen molar-refractivity contribution in [2.45, 2.75) is 6.92 Å². The molecule has 0 fully saturated rings. The first-order chi connectivity index (χ1) is 16.0. The smallest absolute Gasteiger partial charge is 0.272 e. The minimum Gasteiger partial charge on any atom is -0.316 e. The summed E-state index contributed by atoms with van der Waals surface area (Å²) < 4.78 is 0. The van der Waals surface area contributed by atoms with Crippen molar-refractivity contribution in [1.29, 1.82) is 5.41 Å². The highest BCUT2D eigenvalue weighted by Gasteiger charge is 1.99. The number of hydrogen-bond donors (Lipinski definition) is 3. The number of rotatable bonds is 5. The Hall–Kier alpha value is -4.72. The van der Waals surface area contributed by atoms with Crippen LogP contribution in [0.1, 0.15) is 16.8 Å². The van der Waals surface area contributed by atoms with E-state index in [-0.39, 0.29) is 10.7 Å². The Kier molecular flexibility index (Phi) is 8.08. The maximum atomic E-state index is 12.2. The Bertz CT molecular complexity index is 1410. The summed E-state index contributed by atoms with van der Waals surface area (Å²) in [7, 11) is 0. The Morgan fingerprint density at radius 1 is 0.818 bits per heavy atom. The normalized spacial score (nSPS) is 11.3. The molecule has 3 N–H and O–H groups in total. The van der Waals surface area contributed by atoms with Crippen LogP contribution in [0.25, 0.3) is 12.2 Å².